The number of amides is 1. The summed E-state index contributed by atoms with van der Waals surface area (Å²) in [6.45, 7) is 4.57. The fourth-order valence-electron chi connectivity index (χ4n) is 2.93. The molecule has 0 aliphatic rings. The molecule has 0 fully saturated rings. The second-order valence-corrected chi connectivity index (χ2v) is 6.71. The van der Waals surface area contributed by atoms with Crippen molar-refractivity contribution in [3.63, 3.8) is 0 Å². The number of aromatic amines is 1. The van der Waals surface area contributed by atoms with E-state index in [9.17, 15) is 28.9 Å². The zero-order valence-electron chi connectivity index (χ0n) is 16.9. The van der Waals surface area contributed by atoms with E-state index < -0.39 is 40.0 Å². The Labute approximate surface area is 175 Å². The Bertz CT molecular complexity index is 1150. The minimum Gasteiger partial charge on any atom is -0.453 e. The van der Waals surface area contributed by atoms with Gasteiger partial charge in [-0.25, -0.2) is 0 Å². The molecule has 31 heavy (non-hydrogen) atoms. The number of H-pyrrole nitrogens is 1. The van der Waals surface area contributed by atoms with Gasteiger partial charge < -0.3 is 15.0 Å². The van der Waals surface area contributed by atoms with E-state index in [0.29, 0.717) is 16.8 Å². The number of anilines is 1. The first-order valence-electron chi connectivity index (χ1n) is 9.11. The third kappa shape index (κ3) is 5.51. The lowest BCUT2D eigenvalue weighted by Crippen LogP contribution is -2.30. The molecule has 1 aromatic carbocycles. The van der Waals surface area contributed by atoms with Crippen molar-refractivity contribution in [3.8, 4) is 6.07 Å². The van der Waals surface area contributed by atoms with Crippen LogP contribution in [0.5, 0.6) is 0 Å². The number of benzene rings is 1. The van der Waals surface area contributed by atoms with E-state index in [1.165, 1.54) is 6.92 Å². The molecule has 1 heterocycles. The fraction of sp³-hybridized carbons (Fsp3) is 0.300. The quantitative estimate of drug-likeness (QED) is 0.388. The van der Waals surface area contributed by atoms with Crippen LogP contribution in [0.2, 0.25) is 0 Å². The number of aryl methyl sites for hydroxylation is 1. The number of nitro benzene ring substituents is 1. The molecule has 0 aliphatic carbocycles. The lowest BCUT2D eigenvalue weighted by Gasteiger charge is -2.14. The van der Waals surface area contributed by atoms with Crippen LogP contribution in [0.4, 0.5) is 15.8 Å². The largest absolute Gasteiger partial charge is 0.453 e. The fourth-order valence-corrected chi connectivity index (χ4v) is 2.93. The van der Waals surface area contributed by atoms with E-state index in [0.717, 1.165) is 18.2 Å². The molecule has 11 heteroatoms. The van der Waals surface area contributed by atoms with Crippen LogP contribution in [0.1, 0.15) is 35.7 Å². The number of carbonyl (C=O) groups excluding carboxylic acids is 2. The summed E-state index contributed by atoms with van der Waals surface area (Å²) in [6.07, 6.45) is -1.15. The van der Waals surface area contributed by atoms with Crippen LogP contribution in [0, 0.1) is 41.1 Å². The summed E-state index contributed by atoms with van der Waals surface area (Å²) < 4.78 is 18.5. The molecule has 0 saturated heterocycles. The van der Waals surface area contributed by atoms with Gasteiger partial charge in [0.05, 0.1) is 4.92 Å². The number of nitrogens with one attached hydrogen (secondary N) is 2. The Morgan fingerprint density at radius 1 is 1.39 bits per heavy atom. The van der Waals surface area contributed by atoms with Gasteiger partial charge in [-0.05, 0) is 50.5 Å². The Hall–Kier alpha value is -4.07. The van der Waals surface area contributed by atoms with E-state index in [-0.39, 0.29) is 24.1 Å². The number of aromatic nitrogens is 1. The summed E-state index contributed by atoms with van der Waals surface area (Å²) in [6, 6.07) is 4.67. The molecule has 0 bridgehead atoms. The van der Waals surface area contributed by atoms with Gasteiger partial charge in [0.2, 0.25) is 5.82 Å². The molecule has 1 aromatic heterocycles. The average molecular weight is 430 g/mol. The van der Waals surface area contributed by atoms with Crippen molar-refractivity contribution < 1.29 is 23.6 Å². The van der Waals surface area contributed by atoms with Gasteiger partial charge in [-0.1, -0.05) is 0 Å². The standard InChI is InChI=1S/C20H19FN4O6/c1-10-14(11(2)23-20(28)15(10)9-22)5-7-18(26)31-12(3)19(27)24-13-4-6-16(21)17(8-13)25(29)30/h4,6,8,12H,5,7H2,1-3H3,(H,23,28)(H,24,27). The summed E-state index contributed by atoms with van der Waals surface area (Å²) in [5, 5.41) is 22.2. The number of carbonyl (C=O) groups is 2. The number of nitriles is 1. The highest BCUT2D eigenvalue weighted by atomic mass is 19.1. The summed E-state index contributed by atoms with van der Waals surface area (Å²) in [4.78, 5) is 48.5. The highest BCUT2D eigenvalue weighted by Crippen LogP contribution is 2.22. The second kappa shape index (κ2) is 9.62. The topological polar surface area (TPSA) is 155 Å². The minimum atomic E-state index is -1.22. The number of nitro groups is 1. The number of rotatable bonds is 7. The number of hydrogen-bond acceptors (Lipinski definition) is 7. The smallest absolute Gasteiger partial charge is 0.306 e. The van der Waals surface area contributed by atoms with E-state index in [1.54, 1.807) is 13.8 Å². The Morgan fingerprint density at radius 3 is 2.68 bits per heavy atom. The van der Waals surface area contributed by atoms with Gasteiger partial charge in [0.1, 0.15) is 11.6 Å². The maximum atomic E-state index is 13.4. The first-order chi connectivity index (χ1) is 14.5. The van der Waals surface area contributed by atoms with Crippen molar-refractivity contribution in [1.29, 1.82) is 5.26 Å². The third-order valence-corrected chi connectivity index (χ3v) is 4.59. The summed E-state index contributed by atoms with van der Waals surface area (Å²) >= 11 is 0. The van der Waals surface area contributed by atoms with Gasteiger partial charge in [-0.2, -0.15) is 9.65 Å². The molecular formula is C20H19FN4O6. The Kier molecular flexibility index (Phi) is 7.20. The molecule has 2 aromatic rings. The minimum absolute atomic E-state index is 0.0236. The summed E-state index contributed by atoms with van der Waals surface area (Å²) in [5.74, 6) is -2.50. The molecule has 162 valence electrons. The first kappa shape index (κ1) is 23.2. The Morgan fingerprint density at radius 2 is 2.06 bits per heavy atom. The van der Waals surface area contributed by atoms with Gasteiger partial charge in [0.15, 0.2) is 6.10 Å². The summed E-state index contributed by atoms with van der Waals surface area (Å²) in [5.41, 5.74) is 0.266. The van der Waals surface area contributed by atoms with E-state index in [4.69, 9.17) is 10.00 Å². The molecule has 0 saturated carbocycles. The predicted octanol–water partition coefficient (Wildman–Crippen LogP) is 2.41. The average Bonchev–Trinajstić information content (AvgIpc) is 2.68. The molecule has 0 radical (unpaired) electrons. The van der Waals surface area contributed by atoms with E-state index in [1.807, 2.05) is 6.07 Å². The molecule has 10 nitrogen and oxygen atoms in total. The monoisotopic (exact) mass is 430 g/mol. The van der Waals surface area contributed by atoms with Crippen molar-refractivity contribution in [2.45, 2.75) is 39.7 Å². The van der Waals surface area contributed by atoms with Gasteiger partial charge in [-0.15, -0.1) is 0 Å². The lowest BCUT2D eigenvalue weighted by atomic mass is 9.99. The van der Waals surface area contributed by atoms with Crippen molar-refractivity contribution >= 4 is 23.3 Å². The van der Waals surface area contributed by atoms with Crippen LogP contribution in [0.25, 0.3) is 0 Å². The maximum Gasteiger partial charge on any atom is 0.306 e. The van der Waals surface area contributed by atoms with Gasteiger partial charge in [0.25, 0.3) is 11.5 Å². The van der Waals surface area contributed by atoms with Gasteiger partial charge in [-0.3, -0.25) is 24.5 Å². The Balaban J connectivity index is 2.00. The van der Waals surface area contributed by atoms with E-state index in [2.05, 4.69) is 10.3 Å². The highest BCUT2D eigenvalue weighted by Gasteiger charge is 2.21. The van der Waals surface area contributed by atoms with Crippen LogP contribution in [0.15, 0.2) is 23.0 Å². The molecule has 2 rings (SSSR count). The first-order valence-corrected chi connectivity index (χ1v) is 9.11. The van der Waals surface area contributed by atoms with Crippen molar-refractivity contribution in [2.24, 2.45) is 0 Å². The van der Waals surface area contributed by atoms with Gasteiger partial charge >= 0.3 is 11.7 Å². The normalized spacial score (nSPS) is 11.3. The number of hydrogen-bond donors (Lipinski definition) is 2. The predicted molar refractivity (Wildman–Crippen MR) is 107 cm³/mol. The number of nitrogens with zero attached hydrogens (tertiary/aromatic N) is 2. The maximum absolute atomic E-state index is 13.4. The number of esters is 1. The van der Waals surface area contributed by atoms with Crippen LogP contribution in [-0.2, 0) is 20.7 Å². The molecule has 0 aliphatic heterocycles. The molecular weight excluding hydrogens is 411 g/mol. The lowest BCUT2D eigenvalue weighted by molar-refractivity contribution is -0.387. The second-order valence-electron chi connectivity index (χ2n) is 6.71. The van der Waals surface area contributed by atoms with Gasteiger partial charge in [0, 0.05) is 23.9 Å². The third-order valence-electron chi connectivity index (χ3n) is 4.59. The number of pyridine rings is 1. The van der Waals surface area contributed by atoms with Crippen LogP contribution in [0.3, 0.4) is 0 Å². The van der Waals surface area contributed by atoms with E-state index >= 15 is 0 Å². The highest BCUT2D eigenvalue weighted by molar-refractivity contribution is 5.95. The van der Waals surface area contributed by atoms with Crippen LogP contribution >= 0.6 is 0 Å². The molecule has 0 spiro atoms. The number of ether oxygens (including phenoxy) is 1. The summed E-state index contributed by atoms with van der Waals surface area (Å²) in [7, 11) is 0. The van der Waals surface area contributed by atoms with Crippen LogP contribution < -0.4 is 10.9 Å². The van der Waals surface area contributed by atoms with Crippen molar-refractivity contribution in [3.05, 3.63) is 66.9 Å². The van der Waals surface area contributed by atoms with Crippen molar-refractivity contribution in [2.75, 3.05) is 5.32 Å². The number of halogens is 1. The zero-order chi connectivity index (χ0) is 23.3. The van der Waals surface area contributed by atoms with Crippen LogP contribution in [-0.4, -0.2) is 27.9 Å². The molecule has 1 amide bonds. The molecule has 2 N–H and O–H groups in total. The molecule has 1 unspecified atom stereocenters. The molecule has 1 atom stereocenters. The zero-order valence-corrected chi connectivity index (χ0v) is 16.9. The van der Waals surface area contributed by atoms with Crippen molar-refractivity contribution in [1.82, 2.24) is 4.98 Å². The SMILES string of the molecule is Cc1[nH]c(=O)c(C#N)c(C)c1CCC(=O)OC(C)C(=O)Nc1ccc(F)c([N+](=O)[O-])c1.